The van der Waals surface area contributed by atoms with Gasteiger partial charge in [-0.05, 0) is 30.0 Å². The quantitative estimate of drug-likeness (QED) is 0.230. The Labute approximate surface area is 211 Å². The van der Waals surface area contributed by atoms with E-state index in [-0.39, 0.29) is 14.9 Å². The SMILES string of the molecule is C=CSC(=NC)C(O)C(CCC(F)(F)F)NC(=O)CNC(=O)c1cnc(-c2cc(F)cc(Cl)c2)s1. The van der Waals surface area contributed by atoms with Gasteiger partial charge in [-0.3, -0.25) is 14.6 Å². The van der Waals surface area contributed by atoms with E-state index >= 15 is 0 Å². The Kier molecular flexibility index (Phi) is 10.7. The topological polar surface area (TPSA) is 104 Å². The summed E-state index contributed by atoms with van der Waals surface area (Å²) in [6, 6.07) is 2.49. The number of benzene rings is 1. The predicted molar refractivity (Wildman–Crippen MR) is 129 cm³/mol. The number of thiazole rings is 1. The van der Waals surface area contributed by atoms with Crippen molar-refractivity contribution < 1.29 is 32.3 Å². The number of carbonyl (C=O) groups excluding carboxylic acids is 2. The fourth-order valence-electron chi connectivity index (χ4n) is 2.84. The summed E-state index contributed by atoms with van der Waals surface area (Å²) in [4.78, 5) is 32.7. The van der Waals surface area contributed by atoms with Crippen LogP contribution in [0.1, 0.15) is 22.5 Å². The summed E-state index contributed by atoms with van der Waals surface area (Å²) in [5, 5.41) is 17.0. The molecule has 1 aromatic heterocycles. The Bertz CT molecular complexity index is 1070. The van der Waals surface area contributed by atoms with Gasteiger partial charge in [-0.1, -0.05) is 29.9 Å². The fourth-order valence-corrected chi connectivity index (χ4v) is 4.46. The smallest absolute Gasteiger partial charge is 0.384 e. The average molecular weight is 553 g/mol. The van der Waals surface area contributed by atoms with Crippen molar-refractivity contribution in [2.45, 2.75) is 31.2 Å². The van der Waals surface area contributed by atoms with E-state index < -0.39 is 55.3 Å². The van der Waals surface area contributed by atoms with Gasteiger partial charge in [0.15, 0.2) is 0 Å². The van der Waals surface area contributed by atoms with E-state index in [1.807, 2.05) is 0 Å². The van der Waals surface area contributed by atoms with E-state index in [9.17, 15) is 32.3 Å². The monoisotopic (exact) mass is 552 g/mol. The predicted octanol–water partition coefficient (Wildman–Crippen LogP) is 4.43. The molecule has 0 fully saturated rings. The van der Waals surface area contributed by atoms with Crippen LogP contribution in [0.5, 0.6) is 0 Å². The molecule has 0 aliphatic carbocycles. The number of halogens is 5. The maximum Gasteiger partial charge on any atom is 0.389 e. The molecule has 2 amide bonds. The number of thioether (sulfide) groups is 1. The first-order valence-electron chi connectivity index (χ1n) is 9.92. The zero-order valence-corrected chi connectivity index (χ0v) is 20.6. The highest BCUT2D eigenvalue weighted by Crippen LogP contribution is 2.28. The molecule has 3 N–H and O–H groups in total. The van der Waals surface area contributed by atoms with Crippen molar-refractivity contribution in [3.8, 4) is 10.6 Å². The first-order valence-corrected chi connectivity index (χ1v) is 12.0. The molecule has 0 saturated carbocycles. The Morgan fingerprint density at radius 1 is 1.37 bits per heavy atom. The molecule has 2 rings (SSSR count). The number of aromatic nitrogens is 1. The highest BCUT2D eigenvalue weighted by atomic mass is 35.5. The summed E-state index contributed by atoms with van der Waals surface area (Å²) < 4.78 is 51.7. The fraction of sp³-hybridized carbons (Fsp3) is 0.333. The second-order valence-corrected chi connectivity index (χ2v) is 9.44. The van der Waals surface area contributed by atoms with Gasteiger partial charge in [0.05, 0.1) is 18.8 Å². The average Bonchev–Trinajstić information content (AvgIpc) is 3.27. The van der Waals surface area contributed by atoms with Gasteiger partial charge in [-0.2, -0.15) is 13.2 Å². The minimum absolute atomic E-state index is 0.0751. The number of aliphatic hydroxyl groups is 1. The largest absolute Gasteiger partial charge is 0.389 e. The molecule has 7 nitrogen and oxygen atoms in total. The van der Waals surface area contributed by atoms with Crippen LogP contribution in [0.2, 0.25) is 5.02 Å². The number of carbonyl (C=O) groups is 2. The number of hydrogen-bond acceptors (Lipinski definition) is 7. The third kappa shape index (κ3) is 9.24. The molecule has 0 radical (unpaired) electrons. The van der Waals surface area contributed by atoms with E-state index in [0.717, 1.165) is 29.2 Å². The van der Waals surface area contributed by atoms with Crippen molar-refractivity contribution in [1.29, 1.82) is 0 Å². The number of aliphatic imine (C=N–C) groups is 1. The van der Waals surface area contributed by atoms with Crippen LogP contribution in [-0.4, -0.2) is 58.9 Å². The van der Waals surface area contributed by atoms with Crippen molar-refractivity contribution in [2.24, 2.45) is 4.99 Å². The minimum atomic E-state index is -4.50. The van der Waals surface area contributed by atoms with Gasteiger partial charge < -0.3 is 15.7 Å². The second-order valence-electron chi connectivity index (χ2n) is 6.99. The molecule has 1 aromatic carbocycles. The summed E-state index contributed by atoms with van der Waals surface area (Å²) in [6.07, 6.45) is -6.62. The van der Waals surface area contributed by atoms with Crippen LogP contribution in [0.25, 0.3) is 10.6 Å². The zero-order chi connectivity index (χ0) is 26.2. The van der Waals surface area contributed by atoms with Gasteiger partial charge in [-0.15, -0.1) is 11.3 Å². The van der Waals surface area contributed by atoms with Crippen LogP contribution < -0.4 is 10.6 Å². The van der Waals surface area contributed by atoms with E-state index in [1.165, 1.54) is 30.8 Å². The number of aliphatic hydroxyl groups excluding tert-OH is 1. The van der Waals surface area contributed by atoms with Gasteiger partial charge in [0, 0.05) is 24.1 Å². The molecule has 14 heteroatoms. The maximum absolute atomic E-state index is 13.6. The van der Waals surface area contributed by atoms with E-state index in [0.29, 0.717) is 10.6 Å². The summed E-state index contributed by atoms with van der Waals surface area (Å²) in [5.74, 6) is -2.06. The third-order valence-electron chi connectivity index (χ3n) is 4.39. The van der Waals surface area contributed by atoms with Crippen molar-refractivity contribution in [2.75, 3.05) is 13.6 Å². The first-order chi connectivity index (χ1) is 16.4. The molecule has 190 valence electrons. The number of rotatable bonds is 10. The second kappa shape index (κ2) is 13.0. The Balaban J connectivity index is 2.02. The van der Waals surface area contributed by atoms with Crippen LogP contribution in [0.15, 0.2) is 41.4 Å². The molecule has 2 atom stereocenters. The molecule has 0 spiro atoms. The van der Waals surface area contributed by atoms with Gasteiger partial charge in [0.2, 0.25) is 5.91 Å². The summed E-state index contributed by atoms with van der Waals surface area (Å²) in [7, 11) is 1.35. The first kappa shape index (κ1) is 28.8. The van der Waals surface area contributed by atoms with Crippen molar-refractivity contribution >= 4 is 51.6 Å². The molecule has 0 bridgehead atoms. The maximum atomic E-state index is 13.6. The molecule has 2 unspecified atom stereocenters. The lowest BCUT2D eigenvalue weighted by atomic mass is 10.1. The van der Waals surface area contributed by atoms with Crippen molar-refractivity contribution in [3.05, 3.63) is 52.1 Å². The summed E-state index contributed by atoms with van der Waals surface area (Å²) in [6.45, 7) is 2.90. The lowest BCUT2D eigenvalue weighted by Gasteiger charge is -2.25. The standard InChI is InChI=1S/C21H21ClF4N4O3S2/c1-3-34-20(27-2)17(32)14(4-5-21(24,25)26)30-16(31)10-28-18(33)15-9-29-19(35-15)11-6-12(22)8-13(23)7-11/h3,6-9,14,17,32H,1,4-5,10H2,2H3,(H,28,33)(H,30,31). The lowest BCUT2D eigenvalue weighted by Crippen LogP contribution is -2.49. The van der Waals surface area contributed by atoms with Crippen LogP contribution >= 0.6 is 34.7 Å². The summed E-state index contributed by atoms with van der Waals surface area (Å²) >= 11 is 7.68. The zero-order valence-electron chi connectivity index (χ0n) is 18.2. The van der Waals surface area contributed by atoms with E-state index in [1.54, 1.807) is 0 Å². The van der Waals surface area contributed by atoms with Gasteiger partial charge in [0.1, 0.15) is 26.8 Å². The van der Waals surface area contributed by atoms with Gasteiger partial charge in [-0.25, -0.2) is 9.37 Å². The Hall–Kier alpha value is -2.48. The lowest BCUT2D eigenvalue weighted by molar-refractivity contribution is -0.139. The van der Waals surface area contributed by atoms with Crippen molar-refractivity contribution in [1.82, 2.24) is 15.6 Å². The third-order valence-corrected chi connectivity index (χ3v) is 6.49. The number of nitrogens with one attached hydrogen (secondary N) is 2. The number of alkyl halides is 3. The van der Waals surface area contributed by atoms with Crippen LogP contribution in [0, 0.1) is 5.82 Å². The van der Waals surface area contributed by atoms with Crippen LogP contribution in [0.4, 0.5) is 17.6 Å². The molecule has 0 aliphatic heterocycles. The molecule has 2 aromatic rings. The minimum Gasteiger partial charge on any atom is -0.384 e. The van der Waals surface area contributed by atoms with E-state index in [4.69, 9.17) is 11.6 Å². The summed E-state index contributed by atoms with van der Waals surface area (Å²) in [5.41, 5.74) is 0.365. The molecular weight excluding hydrogens is 532 g/mol. The Morgan fingerprint density at radius 2 is 2.09 bits per heavy atom. The van der Waals surface area contributed by atoms with Crippen LogP contribution in [0.3, 0.4) is 0 Å². The van der Waals surface area contributed by atoms with Crippen molar-refractivity contribution in [3.63, 3.8) is 0 Å². The molecule has 35 heavy (non-hydrogen) atoms. The normalized spacial score (nSPS) is 13.7. The molecule has 1 heterocycles. The van der Waals surface area contributed by atoms with E-state index in [2.05, 4.69) is 27.2 Å². The molecular formula is C21H21ClF4N4O3S2. The highest BCUT2D eigenvalue weighted by Gasteiger charge is 2.33. The highest BCUT2D eigenvalue weighted by molar-refractivity contribution is 8.16. The van der Waals surface area contributed by atoms with Gasteiger partial charge in [0.25, 0.3) is 5.91 Å². The number of hydrogen-bond donors (Lipinski definition) is 3. The molecule has 0 aliphatic rings. The Morgan fingerprint density at radius 3 is 2.69 bits per heavy atom. The van der Waals surface area contributed by atoms with Gasteiger partial charge >= 0.3 is 6.18 Å². The molecule has 0 saturated heterocycles. The number of amides is 2. The number of nitrogens with zero attached hydrogens (tertiary/aromatic N) is 2. The van der Waals surface area contributed by atoms with Crippen LogP contribution in [-0.2, 0) is 4.79 Å².